The van der Waals surface area contributed by atoms with Crippen molar-refractivity contribution in [3.8, 4) is 17.2 Å². The first-order valence-electron chi connectivity index (χ1n) is 10.4. The highest BCUT2D eigenvalue weighted by Gasteiger charge is 2.13. The average Bonchev–Trinajstić information content (AvgIpc) is 3.12. The summed E-state index contributed by atoms with van der Waals surface area (Å²) in [5.41, 5.74) is 0.954. The molecule has 4 rings (SSSR count). The van der Waals surface area contributed by atoms with Crippen LogP contribution in [0.25, 0.3) is 11.0 Å². The van der Waals surface area contributed by atoms with Gasteiger partial charge in [-0.1, -0.05) is 42.5 Å². The van der Waals surface area contributed by atoms with E-state index in [0.717, 1.165) is 29.1 Å². The summed E-state index contributed by atoms with van der Waals surface area (Å²) in [7, 11) is 3.08. The highest BCUT2D eigenvalue weighted by Crippen LogP contribution is 2.31. The minimum absolute atomic E-state index is 0.204. The van der Waals surface area contributed by atoms with Crippen LogP contribution in [-0.4, -0.2) is 35.4 Å². The van der Waals surface area contributed by atoms with Gasteiger partial charge in [-0.15, -0.1) is 0 Å². The lowest BCUT2D eigenvalue weighted by atomic mass is 10.1. The van der Waals surface area contributed by atoms with Crippen LogP contribution >= 0.6 is 11.3 Å². The fourth-order valence-electron chi connectivity index (χ4n) is 3.34. The molecule has 0 bridgehead atoms. The molecular formula is C24H23N3O5S. The third-order valence-electron chi connectivity index (χ3n) is 4.94. The Bertz CT molecular complexity index is 1440. The van der Waals surface area contributed by atoms with E-state index in [2.05, 4.69) is 10.1 Å². The molecule has 0 atom stereocenters. The summed E-state index contributed by atoms with van der Waals surface area (Å²) in [5, 5.41) is 4.31. The maximum atomic E-state index is 13.0. The van der Waals surface area contributed by atoms with E-state index in [1.165, 1.54) is 11.6 Å². The van der Waals surface area contributed by atoms with Gasteiger partial charge in [-0.2, -0.15) is 14.6 Å². The van der Waals surface area contributed by atoms with Crippen LogP contribution in [0.15, 0.2) is 52.1 Å². The van der Waals surface area contributed by atoms with E-state index in [-0.39, 0.29) is 22.6 Å². The van der Waals surface area contributed by atoms with E-state index in [1.54, 1.807) is 25.3 Å². The molecule has 33 heavy (non-hydrogen) atoms. The highest BCUT2D eigenvalue weighted by molar-refractivity contribution is 7.15. The van der Waals surface area contributed by atoms with Crippen LogP contribution in [0.5, 0.6) is 17.2 Å². The molecule has 0 fully saturated rings. The summed E-state index contributed by atoms with van der Waals surface area (Å²) >= 11 is 1.10. The molecule has 4 aromatic rings. The molecule has 0 N–H and O–H groups in total. The molecule has 2 aromatic carbocycles. The van der Waals surface area contributed by atoms with Crippen LogP contribution in [0.3, 0.4) is 0 Å². The molecule has 0 amide bonds. The lowest BCUT2D eigenvalue weighted by Gasteiger charge is -2.09. The predicted octanol–water partition coefficient (Wildman–Crippen LogP) is 2.46. The van der Waals surface area contributed by atoms with E-state index in [1.807, 2.05) is 37.3 Å². The number of ether oxygens (including phenoxy) is 3. The number of methoxy groups -OCH3 is 2. The van der Waals surface area contributed by atoms with Gasteiger partial charge in [-0.25, -0.2) is 0 Å². The molecule has 2 aromatic heterocycles. The van der Waals surface area contributed by atoms with Crippen LogP contribution < -0.4 is 29.9 Å². The maximum absolute atomic E-state index is 13.0. The zero-order valence-corrected chi connectivity index (χ0v) is 19.3. The molecule has 8 nitrogen and oxygen atoms in total. The highest BCUT2D eigenvalue weighted by atomic mass is 32.1. The number of para-hydroxylation sites is 1. The molecule has 0 radical (unpaired) electrons. The number of thiazole rings is 1. The van der Waals surface area contributed by atoms with E-state index in [9.17, 15) is 9.59 Å². The van der Waals surface area contributed by atoms with E-state index in [0.29, 0.717) is 28.2 Å². The largest absolute Gasteiger partial charge is 0.494 e. The van der Waals surface area contributed by atoms with Gasteiger partial charge in [0.05, 0.1) is 25.4 Å². The second kappa shape index (κ2) is 9.83. The van der Waals surface area contributed by atoms with Gasteiger partial charge >= 0.3 is 0 Å². The number of benzene rings is 2. The van der Waals surface area contributed by atoms with Gasteiger partial charge in [-0.05, 0) is 36.3 Å². The topological polar surface area (TPSA) is 92.0 Å². The Hall–Kier alpha value is -3.72. The lowest BCUT2D eigenvalue weighted by molar-refractivity contribution is 0.317. The molecule has 2 heterocycles. The fraction of sp³-hybridized carbons (Fsp3) is 0.250. The second-order valence-corrected chi connectivity index (χ2v) is 8.23. The van der Waals surface area contributed by atoms with Gasteiger partial charge in [0, 0.05) is 12.0 Å². The summed E-state index contributed by atoms with van der Waals surface area (Å²) in [5.74, 6) is 1.84. The third-order valence-corrected chi connectivity index (χ3v) is 5.90. The molecule has 170 valence electrons. The Morgan fingerprint density at radius 1 is 1.06 bits per heavy atom. The van der Waals surface area contributed by atoms with E-state index in [4.69, 9.17) is 14.2 Å². The summed E-state index contributed by atoms with van der Waals surface area (Å²) < 4.78 is 17.9. The molecular weight excluding hydrogens is 442 g/mol. The molecule has 9 heteroatoms. The quantitative estimate of drug-likeness (QED) is 0.395. The van der Waals surface area contributed by atoms with Crippen LogP contribution in [0.4, 0.5) is 0 Å². The Labute approximate surface area is 193 Å². The summed E-state index contributed by atoms with van der Waals surface area (Å²) in [6, 6.07) is 12.9. The molecule has 0 unspecified atom stereocenters. The van der Waals surface area contributed by atoms with Crippen molar-refractivity contribution in [2.75, 3.05) is 20.8 Å². The third kappa shape index (κ3) is 4.73. The van der Waals surface area contributed by atoms with Crippen molar-refractivity contribution < 1.29 is 14.2 Å². The van der Waals surface area contributed by atoms with Crippen molar-refractivity contribution >= 4 is 22.4 Å². The first kappa shape index (κ1) is 22.5. The monoisotopic (exact) mass is 465 g/mol. The Morgan fingerprint density at radius 3 is 2.55 bits per heavy atom. The fourth-order valence-corrected chi connectivity index (χ4v) is 4.23. The molecule has 0 saturated carbocycles. The summed E-state index contributed by atoms with van der Waals surface area (Å²) in [6.07, 6.45) is 2.88. The van der Waals surface area contributed by atoms with Crippen molar-refractivity contribution in [2.24, 2.45) is 0 Å². The zero-order valence-electron chi connectivity index (χ0n) is 18.5. The Balaban J connectivity index is 1.71. The Kier molecular flexibility index (Phi) is 6.69. The normalized spacial score (nSPS) is 11.7. The number of rotatable bonds is 8. The molecule has 0 aliphatic carbocycles. The second-order valence-electron chi connectivity index (χ2n) is 7.23. The number of aromatic nitrogens is 3. The summed E-state index contributed by atoms with van der Waals surface area (Å²) in [6.45, 7) is 2.69. The number of hydrogen-bond acceptors (Lipinski definition) is 8. The molecule has 0 aliphatic rings. The van der Waals surface area contributed by atoms with E-state index >= 15 is 0 Å². The predicted molar refractivity (Wildman–Crippen MR) is 127 cm³/mol. The molecule has 0 spiro atoms. The van der Waals surface area contributed by atoms with Crippen LogP contribution in [0.2, 0.25) is 0 Å². The average molecular weight is 466 g/mol. The first-order valence-corrected chi connectivity index (χ1v) is 11.2. The minimum Gasteiger partial charge on any atom is -0.494 e. The van der Waals surface area contributed by atoms with Gasteiger partial charge in [0.15, 0.2) is 11.5 Å². The lowest BCUT2D eigenvalue weighted by Crippen LogP contribution is -2.28. The zero-order chi connectivity index (χ0) is 23.4. The van der Waals surface area contributed by atoms with Gasteiger partial charge < -0.3 is 14.2 Å². The standard InChI is InChI=1S/C24H23N3O5S/c1-4-12-32-17-10-8-15(9-11-17)13-18-22(28)25-24-27(26-18)23(29)20(33-24)14-16-6-5-7-19(30-2)21(16)31-3/h5-11,14H,4,12-13H2,1-3H3/b20-14-. The molecule has 0 aliphatic heterocycles. The van der Waals surface area contributed by atoms with Crippen LogP contribution in [0, 0.1) is 0 Å². The van der Waals surface area contributed by atoms with Gasteiger partial charge in [-0.3, -0.25) is 9.59 Å². The molecule has 0 saturated heterocycles. The van der Waals surface area contributed by atoms with Crippen molar-refractivity contribution in [3.05, 3.63) is 84.5 Å². The maximum Gasteiger partial charge on any atom is 0.296 e. The van der Waals surface area contributed by atoms with Crippen molar-refractivity contribution in [1.82, 2.24) is 14.6 Å². The van der Waals surface area contributed by atoms with Gasteiger partial charge in [0.1, 0.15) is 11.4 Å². The summed E-state index contributed by atoms with van der Waals surface area (Å²) in [4.78, 5) is 29.9. The van der Waals surface area contributed by atoms with Gasteiger partial charge in [0.25, 0.3) is 11.1 Å². The van der Waals surface area contributed by atoms with Crippen LogP contribution in [-0.2, 0) is 6.42 Å². The number of fused-ring (bicyclic) bond motifs is 1. The van der Waals surface area contributed by atoms with Crippen molar-refractivity contribution in [3.63, 3.8) is 0 Å². The minimum atomic E-state index is -0.451. The van der Waals surface area contributed by atoms with Crippen LogP contribution in [0.1, 0.15) is 30.2 Å². The number of nitrogens with zero attached hydrogens (tertiary/aromatic N) is 3. The van der Waals surface area contributed by atoms with Crippen molar-refractivity contribution in [1.29, 1.82) is 0 Å². The Morgan fingerprint density at radius 2 is 1.85 bits per heavy atom. The first-order chi connectivity index (χ1) is 16.0. The smallest absolute Gasteiger partial charge is 0.296 e. The number of hydrogen-bond donors (Lipinski definition) is 0. The van der Waals surface area contributed by atoms with E-state index < -0.39 is 5.56 Å². The van der Waals surface area contributed by atoms with Gasteiger partial charge in [0.2, 0.25) is 4.96 Å². The SMILES string of the molecule is CCCOc1ccc(Cc2nn3c(=O)/c(=C/c4cccc(OC)c4OC)sc3nc2=O)cc1. The van der Waals surface area contributed by atoms with Crippen molar-refractivity contribution in [2.45, 2.75) is 19.8 Å².